The number of nitrogens with two attached hydrogens (primary N) is 1. The van der Waals surface area contributed by atoms with Gasteiger partial charge in [-0.2, -0.15) is 4.98 Å². The van der Waals surface area contributed by atoms with Gasteiger partial charge in [-0.3, -0.25) is 4.90 Å². The molecule has 2 fully saturated rings. The summed E-state index contributed by atoms with van der Waals surface area (Å²) in [5.41, 5.74) is 8.23. The van der Waals surface area contributed by atoms with Gasteiger partial charge < -0.3 is 15.0 Å². The van der Waals surface area contributed by atoms with E-state index >= 15 is 0 Å². The van der Waals surface area contributed by atoms with Crippen LogP contribution in [0.3, 0.4) is 0 Å². The molecule has 2 aliphatic rings. The number of benzene rings is 1. The Hall–Kier alpha value is -1.76. The molecular formula is C20H28N4O2. The molecule has 6 heteroatoms. The highest BCUT2D eigenvalue weighted by molar-refractivity contribution is 5.53. The van der Waals surface area contributed by atoms with Crippen molar-refractivity contribution in [1.29, 1.82) is 0 Å². The second kappa shape index (κ2) is 7.10. The molecule has 2 aromatic rings. The Labute approximate surface area is 154 Å². The molecule has 2 N–H and O–H groups in total. The monoisotopic (exact) mass is 356 g/mol. The van der Waals surface area contributed by atoms with Gasteiger partial charge in [0, 0.05) is 25.2 Å². The summed E-state index contributed by atoms with van der Waals surface area (Å²) < 4.78 is 11.3. The molecule has 1 saturated carbocycles. The largest absolute Gasteiger partial charge is 0.373 e. The second-order valence-electron chi connectivity index (χ2n) is 7.93. The topological polar surface area (TPSA) is 77.4 Å². The maximum absolute atomic E-state index is 6.42. The molecule has 140 valence electrons. The van der Waals surface area contributed by atoms with Crippen molar-refractivity contribution in [3.8, 4) is 11.5 Å². The third-order valence-corrected chi connectivity index (χ3v) is 5.47. The fraction of sp³-hybridized carbons (Fsp3) is 0.600. The molecule has 0 bridgehead atoms. The third-order valence-electron chi connectivity index (χ3n) is 5.47. The summed E-state index contributed by atoms with van der Waals surface area (Å²) in [5.74, 6) is 1.20. The first-order valence-corrected chi connectivity index (χ1v) is 9.62. The van der Waals surface area contributed by atoms with Gasteiger partial charge in [0.1, 0.15) is 0 Å². The zero-order valence-electron chi connectivity index (χ0n) is 15.6. The van der Waals surface area contributed by atoms with Crippen molar-refractivity contribution < 1.29 is 9.26 Å². The minimum absolute atomic E-state index is 0.286. The molecule has 1 aliphatic heterocycles. The molecule has 6 nitrogen and oxygen atoms in total. The van der Waals surface area contributed by atoms with Crippen LogP contribution >= 0.6 is 0 Å². The van der Waals surface area contributed by atoms with Crippen LogP contribution in [0.5, 0.6) is 0 Å². The molecule has 1 aliphatic carbocycles. The number of rotatable bonds is 4. The Morgan fingerprint density at radius 1 is 1.12 bits per heavy atom. The summed E-state index contributed by atoms with van der Waals surface area (Å²) in [6, 6.07) is 8.38. The van der Waals surface area contributed by atoms with Crippen LogP contribution in [0.4, 0.5) is 0 Å². The van der Waals surface area contributed by atoms with Crippen molar-refractivity contribution in [2.75, 3.05) is 13.1 Å². The minimum atomic E-state index is -0.411. The fourth-order valence-corrected chi connectivity index (χ4v) is 4.20. The number of aromatic nitrogens is 2. The molecule has 2 atom stereocenters. The molecule has 26 heavy (non-hydrogen) atoms. The molecule has 2 unspecified atom stereocenters. The number of nitrogens with zero attached hydrogens (tertiary/aromatic N) is 3. The number of hydrogen-bond donors (Lipinski definition) is 1. The van der Waals surface area contributed by atoms with E-state index in [2.05, 4.69) is 53.2 Å². The molecule has 0 amide bonds. The molecule has 1 aromatic carbocycles. The summed E-state index contributed by atoms with van der Waals surface area (Å²) >= 11 is 0. The van der Waals surface area contributed by atoms with Crippen LogP contribution in [0.25, 0.3) is 11.5 Å². The highest BCUT2D eigenvalue weighted by atomic mass is 16.5. The normalized spacial score (nSPS) is 26.3. The predicted octanol–water partition coefficient (Wildman–Crippen LogP) is 3.07. The average molecular weight is 356 g/mol. The lowest BCUT2D eigenvalue weighted by Crippen LogP contribution is -2.44. The van der Waals surface area contributed by atoms with Crippen molar-refractivity contribution in [2.24, 2.45) is 5.73 Å². The Bertz CT molecular complexity index is 727. The number of hydrogen-bond acceptors (Lipinski definition) is 6. The fourth-order valence-electron chi connectivity index (χ4n) is 4.20. The first-order chi connectivity index (χ1) is 12.5. The van der Waals surface area contributed by atoms with Gasteiger partial charge in [-0.15, -0.1) is 0 Å². The van der Waals surface area contributed by atoms with Crippen LogP contribution in [0.15, 0.2) is 28.8 Å². The van der Waals surface area contributed by atoms with Gasteiger partial charge >= 0.3 is 0 Å². The average Bonchev–Trinajstić information content (AvgIpc) is 3.25. The lowest BCUT2D eigenvalue weighted by molar-refractivity contribution is -0.0704. The van der Waals surface area contributed by atoms with Crippen molar-refractivity contribution in [3.63, 3.8) is 0 Å². The summed E-state index contributed by atoms with van der Waals surface area (Å²) in [4.78, 5) is 7.01. The molecule has 2 heterocycles. The maximum atomic E-state index is 6.42. The van der Waals surface area contributed by atoms with Gasteiger partial charge in [0.2, 0.25) is 0 Å². The molecule has 4 rings (SSSR count). The van der Waals surface area contributed by atoms with E-state index in [1.54, 1.807) is 0 Å². The van der Waals surface area contributed by atoms with Crippen LogP contribution in [0, 0.1) is 0 Å². The van der Waals surface area contributed by atoms with Crippen LogP contribution in [-0.4, -0.2) is 40.3 Å². The lowest BCUT2D eigenvalue weighted by Gasteiger charge is -2.35. The van der Waals surface area contributed by atoms with Gasteiger partial charge in [-0.25, -0.2) is 0 Å². The number of ether oxygens (including phenoxy) is 1. The van der Waals surface area contributed by atoms with E-state index < -0.39 is 5.54 Å². The SMILES string of the molecule is CC1CN(Cc2ccc(-c3nc(C4(N)CCCC4)no3)cc2)CC(C)O1. The van der Waals surface area contributed by atoms with Gasteiger partial charge in [0.25, 0.3) is 5.89 Å². The van der Waals surface area contributed by atoms with E-state index in [1.807, 2.05) is 0 Å². The van der Waals surface area contributed by atoms with Crippen molar-refractivity contribution in [1.82, 2.24) is 15.0 Å². The second-order valence-corrected chi connectivity index (χ2v) is 7.93. The van der Waals surface area contributed by atoms with Gasteiger partial charge in [0.15, 0.2) is 5.82 Å². The third kappa shape index (κ3) is 3.68. The predicted molar refractivity (Wildman–Crippen MR) is 99.4 cm³/mol. The van der Waals surface area contributed by atoms with Crippen LogP contribution in [0.2, 0.25) is 0 Å². The summed E-state index contributed by atoms with van der Waals surface area (Å²) in [6.07, 6.45) is 4.70. The van der Waals surface area contributed by atoms with E-state index in [-0.39, 0.29) is 12.2 Å². The Balaban J connectivity index is 1.44. The zero-order chi connectivity index (χ0) is 18.1. The van der Waals surface area contributed by atoms with Crippen LogP contribution in [0.1, 0.15) is 50.9 Å². The van der Waals surface area contributed by atoms with E-state index in [0.29, 0.717) is 11.7 Å². The lowest BCUT2D eigenvalue weighted by atomic mass is 9.98. The summed E-state index contributed by atoms with van der Waals surface area (Å²) in [7, 11) is 0. The molecule has 1 saturated heterocycles. The Morgan fingerprint density at radius 2 is 1.77 bits per heavy atom. The molecular weight excluding hydrogens is 328 g/mol. The molecule has 0 spiro atoms. The van der Waals surface area contributed by atoms with E-state index in [4.69, 9.17) is 15.0 Å². The van der Waals surface area contributed by atoms with E-state index in [9.17, 15) is 0 Å². The molecule has 0 radical (unpaired) electrons. The Morgan fingerprint density at radius 3 is 2.42 bits per heavy atom. The summed E-state index contributed by atoms with van der Waals surface area (Å²) in [5, 5.41) is 4.15. The smallest absolute Gasteiger partial charge is 0.257 e. The Kier molecular flexibility index (Phi) is 4.82. The van der Waals surface area contributed by atoms with Gasteiger partial charge in [0.05, 0.1) is 17.7 Å². The summed E-state index contributed by atoms with van der Waals surface area (Å²) in [6.45, 7) is 7.13. The van der Waals surface area contributed by atoms with Crippen LogP contribution in [-0.2, 0) is 16.8 Å². The molecule has 1 aromatic heterocycles. The van der Waals surface area contributed by atoms with E-state index in [1.165, 1.54) is 5.56 Å². The first kappa shape index (κ1) is 17.6. The maximum Gasteiger partial charge on any atom is 0.257 e. The highest BCUT2D eigenvalue weighted by Crippen LogP contribution is 2.35. The van der Waals surface area contributed by atoms with E-state index in [0.717, 1.165) is 50.9 Å². The van der Waals surface area contributed by atoms with Crippen molar-refractivity contribution in [2.45, 2.75) is 63.8 Å². The zero-order valence-corrected chi connectivity index (χ0v) is 15.6. The minimum Gasteiger partial charge on any atom is -0.373 e. The van der Waals surface area contributed by atoms with Gasteiger partial charge in [-0.05, 0) is 44.4 Å². The first-order valence-electron chi connectivity index (χ1n) is 9.62. The number of morpholine rings is 1. The van der Waals surface area contributed by atoms with Crippen molar-refractivity contribution in [3.05, 3.63) is 35.7 Å². The van der Waals surface area contributed by atoms with Gasteiger partial charge in [-0.1, -0.05) is 30.1 Å². The highest BCUT2D eigenvalue weighted by Gasteiger charge is 2.36. The standard InChI is InChI=1S/C20H28N4O2/c1-14-11-24(12-15(2)25-14)13-16-5-7-17(8-6-16)18-22-19(23-26-18)20(21)9-3-4-10-20/h5-8,14-15H,3-4,9-13,21H2,1-2H3. The quantitative estimate of drug-likeness (QED) is 0.907. The van der Waals surface area contributed by atoms with Crippen LogP contribution < -0.4 is 5.73 Å². The van der Waals surface area contributed by atoms with Crippen molar-refractivity contribution >= 4 is 0 Å².